The summed E-state index contributed by atoms with van der Waals surface area (Å²) in [7, 11) is 7.82. The molecule has 0 spiro atoms. The van der Waals surface area contributed by atoms with Gasteiger partial charge in [-0.3, -0.25) is 14.4 Å². The van der Waals surface area contributed by atoms with E-state index in [4.69, 9.17) is 10.6 Å². The SMILES string of the molecule is C[C@@H]1[C@@H](NC(=O)[C@@H]2[C@H]([C@H](C)O)[C@H](CN)ON2Cc2cc(-c3cc(C(=O)N[C@@H](Cc4ccccc4)CN(C)C)cc(N(C)C)c3)ccc2F)C[C@H]2C[C@@H]1C2(C)C. The van der Waals surface area contributed by atoms with Gasteiger partial charge in [0.05, 0.1) is 18.8 Å². The van der Waals surface area contributed by atoms with E-state index in [0.29, 0.717) is 47.4 Å². The molecular weight excluding hydrogens is 696 g/mol. The Hall–Kier alpha value is -3.87. The molecule has 10 nitrogen and oxygen atoms in total. The molecule has 3 aliphatic carbocycles. The predicted molar refractivity (Wildman–Crippen MR) is 216 cm³/mol. The fourth-order valence-corrected chi connectivity index (χ4v) is 9.51. The van der Waals surface area contributed by atoms with Gasteiger partial charge < -0.3 is 31.3 Å². The Labute approximate surface area is 326 Å². The first kappa shape index (κ1) is 40.8. The van der Waals surface area contributed by atoms with Crippen molar-refractivity contribution in [1.29, 1.82) is 0 Å². The van der Waals surface area contributed by atoms with Crippen molar-refractivity contribution in [3.05, 3.63) is 89.2 Å². The van der Waals surface area contributed by atoms with Crippen LogP contribution < -0.4 is 21.3 Å². The predicted octanol–water partition coefficient (Wildman–Crippen LogP) is 5.09. The minimum atomic E-state index is -0.884. The van der Waals surface area contributed by atoms with Gasteiger partial charge in [-0.15, -0.1) is 0 Å². The zero-order valence-electron chi connectivity index (χ0n) is 33.8. The van der Waals surface area contributed by atoms with Crippen LogP contribution in [0.25, 0.3) is 11.1 Å². The molecule has 7 rings (SSSR count). The highest BCUT2D eigenvalue weighted by atomic mass is 19.1. The van der Waals surface area contributed by atoms with E-state index in [0.717, 1.165) is 23.2 Å². The molecule has 2 amide bonds. The molecular formula is C44H61FN6O4. The molecule has 11 heteroatoms. The number of carbonyl (C=O) groups is 2. The van der Waals surface area contributed by atoms with Crippen molar-refractivity contribution in [2.75, 3.05) is 46.2 Å². The van der Waals surface area contributed by atoms with Crippen LogP contribution in [0, 0.1) is 34.9 Å². The molecule has 298 valence electrons. The van der Waals surface area contributed by atoms with Gasteiger partial charge in [0, 0.05) is 62.0 Å². The second-order valence-electron chi connectivity index (χ2n) is 17.4. The van der Waals surface area contributed by atoms with E-state index >= 15 is 4.39 Å². The molecule has 55 heavy (non-hydrogen) atoms. The quantitative estimate of drug-likeness (QED) is 0.180. The highest BCUT2D eigenvalue weighted by Crippen LogP contribution is 2.61. The van der Waals surface area contributed by atoms with Crippen LogP contribution >= 0.6 is 0 Å². The Balaban J connectivity index is 1.25. The monoisotopic (exact) mass is 756 g/mol. The number of hydroxylamine groups is 2. The van der Waals surface area contributed by atoms with Crippen molar-refractivity contribution in [3.63, 3.8) is 0 Å². The van der Waals surface area contributed by atoms with Crippen LogP contribution in [0.1, 0.15) is 62.0 Å². The third-order valence-electron chi connectivity index (χ3n) is 12.8. The molecule has 5 N–H and O–H groups in total. The molecule has 9 atom stereocenters. The maximum absolute atomic E-state index is 15.8. The Kier molecular flexibility index (Phi) is 12.4. The van der Waals surface area contributed by atoms with Gasteiger partial charge in [-0.05, 0) is 110 Å². The molecule has 2 bridgehead atoms. The van der Waals surface area contributed by atoms with Crippen LogP contribution in [-0.4, -0.2) is 98.5 Å². The smallest absolute Gasteiger partial charge is 0.251 e. The zero-order valence-corrected chi connectivity index (χ0v) is 33.8. The summed E-state index contributed by atoms with van der Waals surface area (Å²) in [6, 6.07) is 19.7. The van der Waals surface area contributed by atoms with E-state index in [2.05, 4.69) is 48.4 Å². The topological polar surface area (TPSA) is 123 Å². The summed E-state index contributed by atoms with van der Waals surface area (Å²) < 4.78 is 15.8. The Morgan fingerprint density at radius 1 is 1.04 bits per heavy atom. The number of hydrogen-bond acceptors (Lipinski definition) is 8. The van der Waals surface area contributed by atoms with Crippen molar-refractivity contribution < 1.29 is 23.9 Å². The Morgan fingerprint density at radius 2 is 1.76 bits per heavy atom. The van der Waals surface area contributed by atoms with Crippen LogP contribution in [0.2, 0.25) is 0 Å². The van der Waals surface area contributed by atoms with E-state index in [1.807, 2.05) is 69.5 Å². The maximum atomic E-state index is 15.8. The molecule has 4 fully saturated rings. The van der Waals surface area contributed by atoms with Crippen molar-refractivity contribution in [2.24, 2.45) is 34.8 Å². The fraction of sp³-hybridized carbons (Fsp3) is 0.545. The Morgan fingerprint density at radius 3 is 2.38 bits per heavy atom. The number of rotatable bonds is 14. The van der Waals surface area contributed by atoms with Crippen molar-refractivity contribution in [1.82, 2.24) is 20.6 Å². The largest absolute Gasteiger partial charge is 0.393 e. The third-order valence-corrected chi connectivity index (χ3v) is 12.8. The van der Waals surface area contributed by atoms with Crippen molar-refractivity contribution >= 4 is 17.5 Å². The number of nitrogens with zero attached hydrogens (tertiary/aromatic N) is 3. The van der Waals surface area contributed by atoms with Gasteiger partial charge >= 0.3 is 0 Å². The molecule has 1 saturated heterocycles. The van der Waals surface area contributed by atoms with Gasteiger partial charge in [-0.1, -0.05) is 57.2 Å². The molecule has 1 aliphatic heterocycles. The minimum Gasteiger partial charge on any atom is -0.393 e. The molecule has 3 aromatic rings. The maximum Gasteiger partial charge on any atom is 0.251 e. The summed E-state index contributed by atoms with van der Waals surface area (Å²) in [5.41, 5.74) is 10.6. The standard InChI is InChI=1S/C44H61FN6O4/c1-26-36-21-33(44(36,3)4)22-38(26)48-43(54)41-40(27(2)52)39(23-46)55-51(41)24-32-17-29(14-15-37(32)45)30-18-31(20-35(19-30)50(7)8)42(53)47-34(25-49(5)6)16-28-12-10-9-11-13-28/h9-15,17-20,26-27,33-34,36,38-41,52H,16,21-25,46H2,1-8H3,(H,47,53)(H,48,54)/t26-,27-,33+,34-,36-,38-,39-,40+,41-/m0/s1. The van der Waals surface area contributed by atoms with E-state index in [9.17, 15) is 14.7 Å². The van der Waals surface area contributed by atoms with Gasteiger partial charge in [0.1, 0.15) is 11.9 Å². The van der Waals surface area contributed by atoms with Gasteiger partial charge in [0.25, 0.3) is 5.91 Å². The summed E-state index contributed by atoms with van der Waals surface area (Å²) in [5.74, 6) is -0.0618. The fourth-order valence-electron chi connectivity index (χ4n) is 9.51. The molecule has 0 radical (unpaired) electrons. The van der Waals surface area contributed by atoms with Crippen LogP contribution in [0.15, 0.2) is 66.7 Å². The van der Waals surface area contributed by atoms with E-state index < -0.39 is 30.0 Å². The van der Waals surface area contributed by atoms with Gasteiger partial charge in [0.2, 0.25) is 5.91 Å². The van der Waals surface area contributed by atoms with Crippen LogP contribution in [0.5, 0.6) is 0 Å². The average molecular weight is 757 g/mol. The van der Waals surface area contributed by atoms with Crippen LogP contribution in [0.3, 0.4) is 0 Å². The normalized spacial score (nSPS) is 26.9. The summed E-state index contributed by atoms with van der Waals surface area (Å²) in [6.07, 6.45) is 1.29. The van der Waals surface area contributed by atoms with E-state index in [-0.39, 0.29) is 42.4 Å². The Bertz CT molecular complexity index is 1820. The van der Waals surface area contributed by atoms with Gasteiger partial charge in [0.15, 0.2) is 0 Å². The first-order valence-corrected chi connectivity index (χ1v) is 19.8. The number of likely N-dealkylation sites (N-methyl/N-ethyl adjacent to an activating group) is 1. The van der Waals surface area contributed by atoms with Crippen molar-refractivity contribution in [3.8, 4) is 11.1 Å². The van der Waals surface area contributed by atoms with E-state index in [1.165, 1.54) is 17.6 Å². The van der Waals surface area contributed by atoms with Crippen molar-refractivity contribution in [2.45, 2.75) is 83.8 Å². The highest BCUT2D eigenvalue weighted by Gasteiger charge is 2.57. The number of anilines is 1. The third kappa shape index (κ3) is 8.76. The number of aliphatic hydroxyl groups excluding tert-OH is 1. The second-order valence-corrected chi connectivity index (χ2v) is 17.4. The molecule has 1 heterocycles. The van der Waals surface area contributed by atoms with Crippen LogP contribution in [-0.2, 0) is 22.6 Å². The van der Waals surface area contributed by atoms with E-state index in [1.54, 1.807) is 19.1 Å². The molecule has 3 aromatic carbocycles. The molecule has 3 saturated carbocycles. The number of benzene rings is 3. The lowest BCUT2D eigenvalue weighted by Gasteiger charge is -2.62. The van der Waals surface area contributed by atoms with Crippen LogP contribution in [0.4, 0.5) is 10.1 Å². The summed E-state index contributed by atoms with van der Waals surface area (Å²) >= 11 is 0. The summed E-state index contributed by atoms with van der Waals surface area (Å²) in [6.45, 7) is 9.25. The number of halogens is 1. The van der Waals surface area contributed by atoms with Gasteiger partial charge in [-0.25, -0.2) is 4.39 Å². The molecule has 0 unspecified atom stereocenters. The number of nitrogens with one attached hydrogen (secondary N) is 2. The number of aliphatic hydroxyl groups is 1. The molecule has 4 aliphatic rings. The summed E-state index contributed by atoms with van der Waals surface area (Å²) in [4.78, 5) is 38.4. The number of carbonyl (C=O) groups excluding carboxylic acids is 2. The zero-order chi connectivity index (χ0) is 39.8. The van der Waals surface area contributed by atoms with Gasteiger partial charge in [-0.2, -0.15) is 5.06 Å². The second kappa shape index (κ2) is 16.7. The molecule has 0 aromatic heterocycles. The lowest BCUT2D eigenvalue weighted by Crippen LogP contribution is -2.62. The lowest BCUT2D eigenvalue weighted by atomic mass is 9.45. The lowest BCUT2D eigenvalue weighted by molar-refractivity contribution is -0.176. The number of nitrogens with two attached hydrogens (primary N) is 1. The number of fused-ring (bicyclic) bond motifs is 2. The summed E-state index contributed by atoms with van der Waals surface area (Å²) in [5, 5.41) is 19.0. The highest BCUT2D eigenvalue weighted by molar-refractivity contribution is 5.97. The minimum absolute atomic E-state index is 0.0182. The first-order chi connectivity index (χ1) is 26.1. The number of hydrogen-bond donors (Lipinski definition) is 4. The number of amides is 2. The average Bonchev–Trinajstić information content (AvgIpc) is 3.51. The first-order valence-electron chi connectivity index (χ1n) is 19.8.